The molecule has 2 rings (SSSR count). The molecule has 0 amide bonds. The summed E-state index contributed by atoms with van der Waals surface area (Å²) in [5.74, 6) is 0. The van der Waals surface area contributed by atoms with Crippen molar-refractivity contribution in [3.63, 3.8) is 0 Å². The summed E-state index contributed by atoms with van der Waals surface area (Å²) in [6.07, 6.45) is 2.88. The fourth-order valence-corrected chi connectivity index (χ4v) is 3.64. The predicted molar refractivity (Wildman–Crippen MR) is 111 cm³/mol. The number of unbranched alkanes of at least 4 members (excludes halogenated alkanes) is 2. The van der Waals surface area contributed by atoms with Crippen molar-refractivity contribution < 1.29 is 8.42 Å². The van der Waals surface area contributed by atoms with Gasteiger partial charge in [0, 0.05) is 50.6 Å². The van der Waals surface area contributed by atoms with Crippen LogP contribution in [0.15, 0.2) is 24.3 Å². The molecule has 1 aromatic carbocycles. The van der Waals surface area contributed by atoms with Gasteiger partial charge in [0.1, 0.15) is 0 Å². The van der Waals surface area contributed by atoms with Crippen LogP contribution in [0.1, 0.15) is 40.0 Å². The maximum atomic E-state index is 11.9. The minimum atomic E-state index is -3.22. The molecule has 148 valence electrons. The van der Waals surface area contributed by atoms with Gasteiger partial charge in [-0.3, -0.25) is 0 Å². The highest BCUT2D eigenvalue weighted by molar-refractivity contribution is 7.90. The van der Waals surface area contributed by atoms with E-state index in [1.807, 2.05) is 0 Å². The number of hydrogen-bond acceptors (Lipinski definition) is 5. The Morgan fingerprint density at radius 2 is 1.62 bits per heavy atom. The Kier molecular flexibility index (Phi) is 7.73. The van der Waals surface area contributed by atoms with E-state index in [-0.39, 0.29) is 0 Å². The van der Waals surface area contributed by atoms with Gasteiger partial charge in [-0.2, -0.15) is 0 Å². The van der Waals surface area contributed by atoms with E-state index in [0.717, 1.165) is 57.7 Å². The lowest BCUT2D eigenvalue weighted by Gasteiger charge is -2.29. The first-order valence-electron chi connectivity index (χ1n) is 9.58. The molecule has 1 heterocycles. The quantitative estimate of drug-likeness (QED) is 0.572. The molecule has 0 aromatic heterocycles. The third-order valence-corrected chi connectivity index (χ3v) is 6.83. The Labute approximate surface area is 158 Å². The fourth-order valence-electron chi connectivity index (χ4n) is 2.80. The van der Waals surface area contributed by atoms with Crippen LogP contribution in [0.4, 0.5) is 11.4 Å². The SMILES string of the molecule is CC(C)(C)S(=O)(=O)NCCCCCNc1ccc(N2CCNCC2)cc1. The van der Waals surface area contributed by atoms with Crippen molar-refractivity contribution in [3.05, 3.63) is 24.3 Å². The summed E-state index contributed by atoms with van der Waals surface area (Å²) in [6, 6.07) is 8.62. The van der Waals surface area contributed by atoms with Crippen molar-refractivity contribution in [1.82, 2.24) is 10.0 Å². The van der Waals surface area contributed by atoms with Gasteiger partial charge < -0.3 is 15.5 Å². The zero-order valence-corrected chi connectivity index (χ0v) is 17.2. The zero-order chi connectivity index (χ0) is 19.0. The topological polar surface area (TPSA) is 73.5 Å². The second-order valence-electron chi connectivity index (χ2n) is 7.78. The molecule has 6 nitrogen and oxygen atoms in total. The van der Waals surface area contributed by atoms with Gasteiger partial charge in [0.15, 0.2) is 0 Å². The van der Waals surface area contributed by atoms with Crippen LogP contribution >= 0.6 is 0 Å². The van der Waals surface area contributed by atoms with E-state index in [2.05, 4.69) is 44.5 Å². The Morgan fingerprint density at radius 1 is 1.00 bits per heavy atom. The lowest BCUT2D eigenvalue weighted by Crippen LogP contribution is -2.43. The number of anilines is 2. The molecule has 0 bridgehead atoms. The van der Waals surface area contributed by atoms with Crippen molar-refractivity contribution in [2.24, 2.45) is 0 Å². The molecule has 1 saturated heterocycles. The largest absolute Gasteiger partial charge is 0.385 e. The second kappa shape index (κ2) is 9.58. The van der Waals surface area contributed by atoms with Gasteiger partial charge in [-0.25, -0.2) is 13.1 Å². The second-order valence-corrected chi connectivity index (χ2v) is 10.3. The molecule has 3 N–H and O–H groups in total. The van der Waals surface area contributed by atoms with Crippen LogP contribution in [0.2, 0.25) is 0 Å². The van der Waals surface area contributed by atoms with E-state index in [0.29, 0.717) is 6.54 Å². The van der Waals surface area contributed by atoms with Gasteiger partial charge in [-0.1, -0.05) is 6.42 Å². The van der Waals surface area contributed by atoms with Crippen LogP contribution in [0, 0.1) is 0 Å². The molecule has 0 unspecified atom stereocenters. The first-order chi connectivity index (χ1) is 12.3. The molecule has 1 aliphatic rings. The van der Waals surface area contributed by atoms with E-state index in [9.17, 15) is 8.42 Å². The molecule has 0 radical (unpaired) electrons. The van der Waals surface area contributed by atoms with Crippen LogP contribution < -0.4 is 20.3 Å². The standard InChI is InChI=1S/C19H34N4O2S/c1-19(2,3)26(24,25)22-12-6-4-5-11-21-17-7-9-18(10-8-17)23-15-13-20-14-16-23/h7-10,20-22H,4-6,11-16H2,1-3H3. The molecular formula is C19H34N4O2S. The smallest absolute Gasteiger partial charge is 0.216 e. The number of nitrogens with zero attached hydrogens (tertiary/aromatic N) is 1. The minimum absolute atomic E-state index is 0.513. The molecule has 0 aliphatic carbocycles. The van der Waals surface area contributed by atoms with Crippen molar-refractivity contribution in [1.29, 1.82) is 0 Å². The normalized spacial score (nSPS) is 15.9. The van der Waals surface area contributed by atoms with E-state index in [4.69, 9.17) is 0 Å². The maximum Gasteiger partial charge on any atom is 0.216 e. The molecule has 7 heteroatoms. The summed E-state index contributed by atoms with van der Waals surface area (Å²) in [5, 5.41) is 6.80. The molecule has 1 aromatic rings. The minimum Gasteiger partial charge on any atom is -0.385 e. The third kappa shape index (κ3) is 6.45. The number of rotatable bonds is 9. The maximum absolute atomic E-state index is 11.9. The fraction of sp³-hybridized carbons (Fsp3) is 0.684. The van der Waals surface area contributed by atoms with Crippen LogP contribution in [0.5, 0.6) is 0 Å². The lowest BCUT2D eigenvalue weighted by atomic mass is 10.2. The monoisotopic (exact) mass is 382 g/mol. The lowest BCUT2D eigenvalue weighted by molar-refractivity contribution is 0.540. The molecule has 0 atom stereocenters. The highest BCUT2D eigenvalue weighted by Gasteiger charge is 2.27. The molecular weight excluding hydrogens is 348 g/mol. The van der Waals surface area contributed by atoms with E-state index < -0.39 is 14.8 Å². The van der Waals surface area contributed by atoms with Gasteiger partial charge in [0.25, 0.3) is 0 Å². The number of piperazine rings is 1. The van der Waals surface area contributed by atoms with Crippen molar-refractivity contribution >= 4 is 21.4 Å². The van der Waals surface area contributed by atoms with Crippen LogP contribution in [0.25, 0.3) is 0 Å². The Morgan fingerprint density at radius 3 is 2.23 bits per heavy atom. The highest BCUT2D eigenvalue weighted by atomic mass is 32.2. The molecule has 0 spiro atoms. The first-order valence-corrected chi connectivity index (χ1v) is 11.1. The summed E-state index contributed by atoms with van der Waals surface area (Å²) in [5.41, 5.74) is 2.42. The average Bonchev–Trinajstić information content (AvgIpc) is 2.61. The summed E-state index contributed by atoms with van der Waals surface area (Å²) < 4.78 is 25.8. The van der Waals surface area contributed by atoms with Gasteiger partial charge in [0.2, 0.25) is 10.0 Å². The zero-order valence-electron chi connectivity index (χ0n) is 16.3. The average molecular weight is 383 g/mol. The van der Waals surface area contributed by atoms with E-state index in [1.165, 1.54) is 5.69 Å². The van der Waals surface area contributed by atoms with Crippen LogP contribution in [0.3, 0.4) is 0 Å². The van der Waals surface area contributed by atoms with E-state index >= 15 is 0 Å². The summed E-state index contributed by atoms with van der Waals surface area (Å²) >= 11 is 0. The van der Waals surface area contributed by atoms with Crippen molar-refractivity contribution in [2.45, 2.75) is 44.8 Å². The van der Waals surface area contributed by atoms with Gasteiger partial charge in [0.05, 0.1) is 4.75 Å². The number of nitrogens with one attached hydrogen (secondary N) is 3. The van der Waals surface area contributed by atoms with Crippen LogP contribution in [-0.4, -0.2) is 52.4 Å². The Balaban J connectivity index is 1.60. The third-order valence-electron chi connectivity index (χ3n) is 4.63. The predicted octanol–water partition coefficient (Wildman–Crippen LogP) is 2.40. The summed E-state index contributed by atoms with van der Waals surface area (Å²) in [4.78, 5) is 2.40. The highest BCUT2D eigenvalue weighted by Crippen LogP contribution is 2.18. The Bertz CT molecular complexity index is 632. The number of benzene rings is 1. The van der Waals surface area contributed by atoms with Gasteiger partial charge in [-0.05, 0) is 57.9 Å². The van der Waals surface area contributed by atoms with Gasteiger partial charge in [-0.15, -0.1) is 0 Å². The molecule has 0 saturated carbocycles. The molecule has 1 aliphatic heterocycles. The summed E-state index contributed by atoms with van der Waals surface area (Å²) in [7, 11) is -3.22. The number of sulfonamides is 1. The number of hydrogen-bond donors (Lipinski definition) is 3. The molecule has 26 heavy (non-hydrogen) atoms. The molecule has 1 fully saturated rings. The van der Waals surface area contributed by atoms with E-state index in [1.54, 1.807) is 20.8 Å². The first kappa shape index (κ1) is 21.0. The van der Waals surface area contributed by atoms with Gasteiger partial charge >= 0.3 is 0 Å². The van der Waals surface area contributed by atoms with Crippen molar-refractivity contribution in [3.8, 4) is 0 Å². The summed E-state index contributed by atoms with van der Waals surface area (Å²) in [6.45, 7) is 10.8. The van der Waals surface area contributed by atoms with Crippen LogP contribution in [-0.2, 0) is 10.0 Å². The van der Waals surface area contributed by atoms with Crippen molar-refractivity contribution in [2.75, 3.05) is 49.5 Å². The Hall–Kier alpha value is -1.31.